The van der Waals surface area contributed by atoms with Crippen LogP contribution in [0.15, 0.2) is 6.33 Å². The van der Waals surface area contributed by atoms with Crippen LogP contribution in [-0.2, 0) is 12.1 Å². The maximum atomic E-state index is 11.8. The fraction of sp³-hybridized carbons (Fsp3) is 0.769. The maximum absolute atomic E-state index is 11.8. The number of aromatic nitrogens is 3. The lowest BCUT2D eigenvalue weighted by Crippen LogP contribution is -2.42. The minimum Gasteiger partial charge on any atom is -0.335 e. The van der Waals surface area contributed by atoms with E-state index in [0.29, 0.717) is 12.5 Å². The Morgan fingerprint density at radius 2 is 2.21 bits per heavy atom. The zero-order chi connectivity index (χ0) is 14.0. The molecule has 19 heavy (non-hydrogen) atoms. The van der Waals surface area contributed by atoms with E-state index in [1.807, 2.05) is 4.68 Å². The van der Waals surface area contributed by atoms with Crippen LogP contribution in [0.25, 0.3) is 0 Å². The Bertz CT molecular complexity index is 444. The largest absolute Gasteiger partial charge is 0.335 e. The van der Waals surface area contributed by atoms with Crippen LogP contribution in [0.5, 0.6) is 0 Å². The van der Waals surface area contributed by atoms with Gasteiger partial charge in [0.05, 0.1) is 12.1 Å². The van der Waals surface area contributed by atoms with Crippen LogP contribution >= 0.6 is 0 Å². The van der Waals surface area contributed by atoms with Crippen molar-refractivity contribution in [1.29, 1.82) is 0 Å². The minimum absolute atomic E-state index is 0.134. The zero-order valence-corrected chi connectivity index (χ0v) is 12.1. The molecule has 2 rings (SSSR count). The van der Waals surface area contributed by atoms with Crippen LogP contribution < -0.4 is 10.6 Å². The number of carbonyl (C=O) groups excluding carboxylic acids is 1. The number of hydrogen-bond acceptors (Lipinski definition) is 3. The molecular formula is C13H23N5O. The standard InChI is InChI=1S/C13H23N5O/c1-9(10-5-6-10)17-12(19)14-7-11-15-8-16-18(11)13(2,3)4/h8-10H,5-7H2,1-4H3,(H2,14,17,19)/t9-/m0/s1. The molecule has 2 amide bonds. The molecule has 2 N–H and O–H groups in total. The molecule has 1 aliphatic carbocycles. The predicted molar refractivity (Wildman–Crippen MR) is 72.6 cm³/mol. The molecular weight excluding hydrogens is 242 g/mol. The van der Waals surface area contributed by atoms with Crippen LogP contribution in [-0.4, -0.2) is 26.8 Å². The third-order valence-corrected chi connectivity index (χ3v) is 3.35. The van der Waals surface area contributed by atoms with Crippen molar-refractivity contribution in [2.75, 3.05) is 0 Å². The number of rotatable bonds is 4. The Kier molecular flexibility index (Phi) is 3.78. The average Bonchev–Trinajstić information content (AvgIpc) is 3.03. The molecule has 1 fully saturated rings. The Morgan fingerprint density at radius 1 is 1.53 bits per heavy atom. The van der Waals surface area contributed by atoms with Gasteiger partial charge in [0, 0.05) is 6.04 Å². The molecule has 0 spiro atoms. The number of urea groups is 1. The van der Waals surface area contributed by atoms with Crippen molar-refractivity contribution in [3.63, 3.8) is 0 Å². The molecule has 0 saturated heterocycles. The number of carbonyl (C=O) groups is 1. The van der Waals surface area contributed by atoms with E-state index in [1.54, 1.807) is 0 Å². The summed E-state index contributed by atoms with van der Waals surface area (Å²) in [6.07, 6.45) is 3.96. The molecule has 6 nitrogen and oxygen atoms in total. The molecule has 0 aromatic carbocycles. The normalized spacial score (nSPS) is 17.1. The molecule has 0 bridgehead atoms. The second kappa shape index (κ2) is 5.19. The number of amides is 2. The molecule has 1 aromatic heterocycles. The smallest absolute Gasteiger partial charge is 0.315 e. The molecule has 1 saturated carbocycles. The van der Waals surface area contributed by atoms with Crippen molar-refractivity contribution in [2.24, 2.45) is 5.92 Å². The SMILES string of the molecule is C[C@H](NC(=O)NCc1ncnn1C(C)(C)C)C1CC1. The Morgan fingerprint density at radius 3 is 2.79 bits per heavy atom. The molecule has 1 atom stereocenters. The molecule has 1 aliphatic rings. The van der Waals surface area contributed by atoms with Crippen LogP contribution in [0.2, 0.25) is 0 Å². The monoisotopic (exact) mass is 265 g/mol. The first-order valence-electron chi connectivity index (χ1n) is 6.81. The zero-order valence-electron chi connectivity index (χ0n) is 12.1. The highest BCUT2D eigenvalue weighted by molar-refractivity contribution is 5.74. The van der Waals surface area contributed by atoms with Crippen molar-refractivity contribution in [2.45, 2.75) is 58.7 Å². The first-order chi connectivity index (χ1) is 8.88. The fourth-order valence-corrected chi connectivity index (χ4v) is 2.08. The second-order valence-corrected chi connectivity index (χ2v) is 6.21. The van der Waals surface area contributed by atoms with E-state index in [0.717, 1.165) is 5.82 Å². The van der Waals surface area contributed by atoms with Crippen LogP contribution in [0.4, 0.5) is 4.79 Å². The van der Waals surface area contributed by atoms with Crippen molar-refractivity contribution in [3.8, 4) is 0 Å². The molecule has 0 aliphatic heterocycles. The van der Waals surface area contributed by atoms with E-state index in [4.69, 9.17) is 0 Å². The van der Waals surface area contributed by atoms with E-state index in [-0.39, 0.29) is 17.6 Å². The number of hydrogen-bond donors (Lipinski definition) is 2. The molecule has 6 heteroatoms. The Balaban J connectivity index is 1.85. The summed E-state index contributed by atoms with van der Waals surface area (Å²) in [5.74, 6) is 1.42. The highest BCUT2D eigenvalue weighted by Crippen LogP contribution is 2.32. The Labute approximate surface area is 114 Å². The van der Waals surface area contributed by atoms with E-state index >= 15 is 0 Å². The lowest BCUT2D eigenvalue weighted by molar-refractivity contribution is 0.235. The molecule has 1 heterocycles. The summed E-state index contributed by atoms with van der Waals surface area (Å²) in [7, 11) is 0. The summed E-state index contributed by atoms with van der Waals surface area (Å²) >= 11 is 0. The van der Waals surface area contributed by atoms with E-state index < -0.39 is 0 Å². The fourth-order valence-electron chi connectivity index (χ4n) is 2.08. The third kappa shape index (κ3) is 3.68. The van der Waals surface area contributed by atoms with Gasteiger partial charge in [-0.15, -0.1) is 0 Å². The van der Waals surface area contributed by atoms with E-state index in [2.05, 4.69) is 48.4 Å². The van der Waals surface area contributed by atoms with Gasteiger partial charge in [0.25, 0.3) is 0 Å². The van der Waals surface area contributed by atoms with Gasteiger partial charge in [-0.05, 0) is 46.5 Å². The van der Waals surface area contributed by atoms with Gasteiger partial charge in [-0.1, -0.05) is 0 Å². The number of nitrogens with one attached hydrogen (secondary N) is 2. The minimum atomic E-state index is -0.136. The summed E-state index contributed by atoms with van der Waals surface area (Å²) in [5, 5.41) is 9.99. The highest BCUT2D eigenvalue weighted by atomic mass is 16.2. The molecule has 0 unspecified atom stereocenters. The summed E-state index contributed by atoms with van der Waals surface area (Å²) in [4.78, 5) is 16.0. The van der Waals surface area contributed by atoms with E-state index in [9.17, 15) is 4.79 Å². The molecule has 1 aromatic rings. The summed E-state index contributed by atoms with van der Waals surface area (Å²) in [6.45, 7) is 8.61. The summed E-state index contributed by atoms with van der Waals surface area (Å²) in [6, 6.07) is 0.114. The number of nitrogens with zero attached hydrogens (tertiary/aromatic N) is 3. The van der Waals surface area contributed by atoms with Gasteiger partial charge >= 0.3 is 6.03 Å². The van der Waals surface area contributed by atoms with E-state index in [1.165, 1.54) is 19.2 Å². The highest BCUT2D eigenvalue weighted by Gasteiger charge is 2.28. The van der Waals surface area contributed by atoms with Gasteiger partial charge < -0.3 is 10.6 Å². The van der Waals surface area contributed by atoms with Crippen molar-refractivity contribution in [1.82, 2.24) is 25.4 Å². The van der Waals surface area contributed by atoms with Gasteiger partial charge in [0.1, 0.15) is 12.2 Å². The van der Waals surface area contributed by atoms with Gasteiger partial charge in [-0.25, -0.2) is 14.5 Å². The van der Waals surface area contributed by atoms with Gasteiger partial charge in [-0.2, -0.15) is 5.10 Å². The lowest BCUT2D eigenvalue weighted by atomic mass is 10.1. The topological polar surface area (TPSA) is 71.8 Å². The van der Waals surface area contributed by atoms with Crippen molar-refractivity contribution >= 4 is 6.03 Å². The average molecular weight is 265 g/mol. The van der Waals surface area contributed by atoms with Crippen molar-refractivity contribution < 1.29 is 4.79 Å². The third-order valence-electron chi connectivity index (χ3n) is 3.35. The lowest BCUT2D eigenvalue weighted by Gasteiger charge is -2.21. The quantitative estimate of drug-likeness (QED) is 0.869. The first kappa shape index (κ1) is 13.8. The molecule has 0 radical (unpaired) electrons. The Hall–Kier alpha value is -1.59. The van der Waals surface area contributed by atoms with Crippen molar-refractivity contribution in [3.05, 3.63) is 12.2 Å². The second-order valence-electron chi connectivity index (χ2n) is 6.21. The van der Waals surface area contributed by atoms with Crippen LogP contribution in [0.3, 0.4) is 0 Å². The van der Waals surface area contributed by atoms with Crippen LogP contribution in [0.1, 0.15) is 46.4 Å². The van der Waals surface area contributed by atoms with Crippen LogP contribution in [0, 0.1) is 5.92 Å². The van der Waals surface area contributed by atoms with Gasteiger partial charge in [0.2, 0.25) is 0 Å². The first-order valence-corrected chi connectivity index (χ1v) is 6.81. The van der Waals surface area contributed by atoms with Gasteiger partial charge in [0.15, 0.2) is 0 Å². The predicted octanol–water partition coefficient (Wildman–Crippen LogP) is 1.63. The molecule has 106 valence electrons. The maximum Gasteiger partial charge on any atom is 0.315 e. The summed E-state index contributed by atoms with van der Waals surface area (Å²) < 4.78 is 1.83. The summed E-state index contributed by atoms with van der Waals surface area (Å²) in [5.41, 5.74) is -0.134. The van der Waals surface area contributed by atoms with Gasteiger partial charge in [-0.3, -0.25) is 0 Å².